The second-order valence-electron chi connectivity index (χ2n) is 33.7. The third-order valence-corrected chi connectivity index (χ3v) is 23.8. The molecule has 2 saturated heterocycles. The number of nitrogens with one attached hydrogen (secondary N) is 18. The molecule has 0 radical (unpaired) electrons. The van der Waals surface area contributed by atoms with Crippen LogP contribution in [0.1, 0.15) is 163 Å². The number of guanidine groups is 1. The van der Waals surface area contributed by atoms with Crippen LogP contribution in [0.5, 0.6) is 5.75 Å². The van der Waals surface area contributed by atoms with Crippen molar-refractivity contribution < 1.29 is 136 Å². The molecule has 0 unspecified atom stereocenters. The Morgan fingerprint density at radius 2 is 1.01 bits per heavy atom. The maximum Gasteiger partial charge on any atom is 0.303 e. The number of nitrogens with two attached hydrogens (primary N) is 3. The third kappa shape index (κ3) is 42.1. The summed E-state index contributed by atoms with van der Waals surface area (Å²) in [5.41, 5.74) is 17.8. The topological polar surface area (TPSA) is 799 Å². The number of aliphatic hydroxyl groups is 3. The summed E-state index contributed by atoms with van der Waals surface area (Å²) in [6.45, 7) is 9.64. The average molecular weight is 1960 g/mol. The SMILES string of the molecule is CC[C@H](C)[C@@H]1NC(=O)[C@H](CCC(=O)O)NC(=O)[C@H](CC(C)C)NC(=O)[C@H](Cc2ccc(O)cc2)NC(=O)[C@H](CCCNC(=N)N)NC(=O)CNC(=O)[C@H](CCC(=O)O)NC(=O)[C@H](CCCCN)NC(=O)[C@@H](NC(=O)[C@H](CC(=O)N[C@@H]2O[C@H](CO)[C@@H](O)[C@H](O)[C@H]2NC(C)=O)NC(C)=O)CSSC[C@@H](C(=O)N[C@@H](CC(C)C)C(N)=O)NC(=O)[C@H](Cc2ccccc2)NC(=O)[C@H](CCC(=O)O)NC1=O. The number of carbonyl (C=O) groups excluding carboxylic acids is 17. The Hall–Kier alpha value is -12.6. The lowest BCUT2D eigenvalue weighted by molar-refractivity contribution is -0.203. The van der Waals surface area contributed by atoms with Gasteiger partial charge in [-0.3, -0.25) is 101 Å². The van der Waals surface area contributed by atoms with Gasteiger partial charge in [0.15, 0.2) is 12.2 Å². The molecule has 49 nitrogen and oxygen atoms in total. The van der Waals surface area contributed by atoms with Crippen molar-refractivity contribution in [2.45, 2.75) is 274 Å². The number of carboxylic acid groups (broad SMARTS) is 3. The van der Waals surface area contributed by atoms with Gasteiger partial charge in [0.05, 0.1) is 19.6 Å². The molecule has 0 aliphatic carbocycles. The van der Waals surface area contributed by atoms with Gasteiger partial charge in [-0.2, -0.15) is 0 Å². The number of carboxylic acids is 3. The zero-order valence-corrected chi connectivity index (χ0v) is 78.5. The number of aliphatic carboxylic acids is 3. The number of hydrogen-bond acceptors (Lipinski definition) is 29. The summed E-state index contributed by atoms with van der Waals surface area (Å²) >= 11 is 0. The van der Waals surface area contributed by atoms with E-state index in [0.717, 1.165) is 13.8 Å². The number of benzene rings is 2. The molecule has 4 rings (SSSR count). The number of phenols is 1. The van der Waals surface area contributed by atoms with Gasteiger partial charge in [0, 0.05) is 64.0 Å². The molecule has 31 N–H and O–H groups in total. The molecule has 2 fully saturated rings. The summed E-state index contributed by atoms with van der Waals surface area (Å²) in [7, 11) is 1.35. The molecule has 0 bridgehead atoms. The highest BCUT2D eigenvalue weighted by Crippen LogP contribution is 2.26. The van der Waals surface area contributed by atoms with Crippen LogP contribution in [0.15, 0.2) is 54.6 Å². The normalized spacial score (nSPS) is 24.6. The Bertz CT molecular complexity index is 4450. The Labute approximate surface area is 792 Å². The molecule has 19 atom stereocenters. The van der Waals surface area contributed by atoms with Gasteiger partial charge in [0.1, 0.15) is 109 Å². The van der Waals surface area contributed by atoms with E-state index in [-0.39, 0.29) is 81.7 Å². The Balaban J connectivity index is 2.06. The van der Waals surface area contributed by atoms with Crippen molar-refractivity contribution in [1.29, 1.82) is 5.41 Å². The lowest BCUT2D eigenvalue weighted by atomic mass is 9.95. The van der Waals surface area contributed by atoms with Crippen molar-refractivity contribution in [3.63, 3.8) is 0 Å². The summed E-state index contributed by atoms with van der Waals surface area (Å²) in [6, 6.07) is -11.7. The fourth-order valence-corrected chi connectivity index (χ4v) is 16.3. The minimum Gasteiger partial charge on any atom is -0.508 e. The molecule has 2 aliphatic rings. The van der Waals surface area contributed by atoms with Crippen molar-refractivity contribution in [2.24, 2.45) is 35.0 Å². The lowest BCUT2D eigenvalue weighted by Gasteiger charge is -2.42. The van der Waals surface area contributed by atoms with E-state index in [4.69, 9.17) is 27.3 Å². The van der Waals surface area contributed by atoms with Gasteiger partial charge in [-0.05, 0) is 112 Å². The van der Waals surface area contributed by atoms with Crippen LogP contribution >= 0.6 is 21.6 Å². The van der Waals surface area contributed by atoms with Gasteiger partial charge in [-0.25, -0.2) is 0 Å². The fourth-order valence-electron chi connectivity index (χ4n) is 14.0. The molecule has 51 heteroatoms. The number of aliphatic hydroxyl groups excluding tert-OH is 3. The van der Waals surface area contributed by atoms with E-state index in [2.05, 4.69) is 90.4 Å². The highest BCUT2D eigenvalue weighted by molar-refractivity contribution is 8.76. The molecule has 0 saturated carbocycles. The van der Waals surface area contributed by atoms with Gasteiger partial charge >= 0.3 is 17.9 Å². The molecule has 17 amide bonds. The second-order valence-corrected chi connectivity index (χ2v) is 36.2. The number of amides is 17. The zero-order chi connectivity index (χ0) is 102. The van der Waals surface area contributed by atoms with Crippen LogP contribution in [-0.2, 0) is 113 Å². The summed E-state index contributed by atoms with van der Waals surface area (Å²) in [4.78, 5) is 283. The quantitative estimate of drug-likeness (QED) is 0.0129. The predicted molar refractivity (Wildman–Crippen MR) is 489 cm³/mol. The number of primary amides is 1. The van der Waals surface area contributed by atoms with Gasteiger partial charge < -0.3 is 148 Å². The average Bonchev–Trinajstić information content (AvgIpc) is 0.795. The largest absolute Gasteiger partial charge is 0.508 e. The molecule has 2 heterocycles. The zero-order valence-electron chi connectivity index (χ0n) is 76.8. The minimum absolute atomic E-state index is 0.00395. The standard InChI is InChI=1S/C85H131N21O28S2/c1-9-43(6)67-83(133)98-52(25-28-65(115)116)75(125)102-56(34-46-16-11-10-12-17-46)79(129)103-60(82(132)99-54(71(87)121)32-41(2)3)40-136-135-39-59(104-80(130)58(92-44(7)108)36-62(111)105-84-68(93-45(8)109)70(120)69(119)61(38-107)134-84)81(131)95-50(18-13-14-30-86)74(124)96-51(24-27-64(113)114)72(122)91-37-63(112)94-49(19-15-31-90-85(88)89)73(123)101-57(35-47-20-22-48(110)23-21-47)78(128)100-55(33-42(4)5)77(127)97-53(76(126)106-67)26-29-66(117)118/h10-12,16-17,20-23,41-43,49-61,67-70,84,107,110,119-120H,9,13-15,18-19,24-40,86H2,1-8H3,(H2,87,121)(H,91,122)(H,92,108)(H,93,109)(H,94,112)(H,95,131)(H,96,124)(H,97,127)(H,98,133)(H,99,132)(H,100,128)(H,101,123)(H,102,125)(H,103,129)(H,104,130)(H,105,111)(H,106,126)(H,113,114)(H,115,116)(H,117,118)(H4,88,89,90)/t43-,49-,50-,51-,52-,53-,54-,55-,56-,57-,58-,59-,60-,61+,67-,68+,69+,70+,84+/m0/s1. The van der Waals surface area contributed by atoms with Crippen molar-refractivity contribution in [3.8, 4) is 5.75 Å². The summed E-state index contributed by atoms with van der Waals surface area (Å²) in [5, 5.41) is 121. The van der Waals surface area contributed by atoms with Gasteiger partial charge in [-0.15, -0.1) is 0 Å². The number of phenolic OH excluding ortho intramolecular Hbond substituents is 1. The molecule has 136 heavy (non-hydrogen) atoms. The smallest absolute Gasteiger partial charge is 0.303 e. The lowest BCUT2D eigenvalue weighted by Crippen LogP contribution is -2.68. The molecule has 2 aliphatic heterocycles. The van der Waals surface area contributed by atoms with E-state index in [9.17, 15) is 117 Å². The molecule has 0 spiro atoms. The van der Waals surface area contributed by atoms with E-state index < -0.39 is 328 Å². The van der Waals surface area contributed by atoms with E-state index in [0.29, 0.717) is 27.2 Å². The van der Waals surface area contributed by atoms with Gasteiger partial charge in [0.2, 0.25) is 100 Å². The van der Waals surface area contributed by atoms with Crippen molar-refractivity contribution in [2.75, 3.05) is 37.7 Å². The molecular weight excluding hydrogens is 1830 g/mol. The Kier molecular flexibility index (Phi) is 50.5. The van der Waals surface area contributed by atoms with Gasteiger partial charge in [0.25, 0.3) is 0 Å². The monoisotopic (exact) mass is 1960 g/mol. The van der Waals surface area contributed by atoms with Gasteiger partial charge in [-0.1, -0.05) is 112 Å². The van der Waals surface area contributed by atoms with Crippen LogP contribution in [0.2, 0.25) is 0 Å². The maximum atomic E-state index is 15.3. The summed E-state index contributed by atoms with van der Waals surface area (Å²) in [5.74, 6) is -27.4. The highest BCUT2D eigenvalue weighted by atomic mass is 33.1. The molecular formula is C85H131N21O28S2. The first-order valence-electron chi connectivity index (χ1n) is 44.3. The van der Waals surface area contributed by atoms with Crippen molar-refractivity contribution in [1.82, 2.24) is 90.4 Å². The number of carbonyl (C=O) groups is 20. The van der Waals surface area contributed by atoms with E-state index in [1.165, 1.54) is 43.3 Å². The summed E-state index contributed by atoms with van der Waals surface area (Å²) in [6.07, 6.45) is -14.3. The maximum absolute atomic E-state index is 15.3. The number of aromatic hydroxyl groups is 1. The Morgan fingerprint density at radius 3 is 1.53 bits per heavy atom. The first-order valence-corrected chi connectivity index (χ1v) is 46.8. The summed E-state index contributed by atoms with van der Waals surface area (Å²) < 4.78 is 5.62. The Morgan fingerprint density at radius 1 is 0.529 bits per heavy atom. The van der Waals surface area contributed by atoms with E-state index in [1.807, 2.05) is 0 Å². The van der Waals surface area contributed by atoms with Crippen molar-refractivity contribution in [3.05, 3.63) is 65.7 Å². The molecule has 2 aromatic carbocycles. The highest BCUT2D eigenvalue weighted by Gasteiger charge is 2.47. The van der Waals surface area contributed by atoms with Crippen LogP contribution in [0.25, 0.3) is 0 Å². The number of unbranched alkanes of at least 4 members (excludes halogenated alkanes) is 1. The van der Waals surface area contributed by atoms with Crippen molar-refractivity contribution >= 4 is 146 Å². The third-order valence-electron chi connectivity index (χ3n) is 21.4. The van der Waals surface area contributed by atoms with Crippen LogP contribution in [0, 0.1) is 23.2 Å². The predicted octanol–water partition coefficient (Wildman–Crippen LogP) is -6.93. The van der Waals surface area contributed by atoms with Crippen LogP contribution in [0.4, 0.5) is 0 Å². The number of rotatable bonds is 38. The van der Waals surface area contributed by atoms with E-state index in [1.54, 1.807) is 52.8 Å². The fraction of sp³-hybridized carbons (Fsp3) is 0.612. The number of ether oxygens (including phenoxy) is 1. The first kappa shape index (κ1) is 116. The minimum atomic E-state index is -1.98. The van der Waals surface area contributed by atoms with Crippen LogP contribution < -0.4 is 108 Å². The van der Waals surface area contributed by atoms with Crippen LogP contribution in [-0.4, -0.2) is 307 Å². The second kappa shape index (κ2) is 59.3. The molecule has 756 valence electrons. The van der Waals surface area contributed by atoms with Crippen LogP contribution in [0.3, 0.4) is 0 Å². The van der Waals surface area contributed by atoms with E-state index >= 15 is 14.4 Å². The first-order chi connectivity index (χ1) is 64.1. The molecule has 0 aromatic heterocycles. The number of hydrogen-bond donors (Lipinski definition) is 28. The molecule has 2 aromatic rings.